The summed E-state index contributed by atoms with van der Waals surface area (Å²) in [4.78, 5) is 0. The van der Waals surface area contributed by atoms with Crippen molar-refractivity contribution in [1.29, 1.82) is 0 Å². The van der Waals surface area contributed by atoms with Crippen molar-refractivity contribution in [3.8, 4) is 0 Å². The number of benzene rings is 1. The van der Waals surface area contributed by atoms with Crippen molar-refractivity contribution >= 4 is 22.6 Å². The molecule has 4 unspecified atom stereocenters. The second kappa shape index (κ2) is 5.49. The number of hydrogen-bond acceptors (Lipinski definition) is 1. The van der Waals surface area contributed by atoms with Crippen molar-refractivity contribution in [2.45, 2.75) is 38.1 Å². The van der Waals surface area contributed by atoms with Crippen LogP contribution in [0.15, 0.2) is 24.3 Å². The highest BCUT2D eigenvalue weighted by Gasteiger charge is 2.40. The molecule has 0 aromatic heterocycles. The Kier molecular flexibility index (Phi) is 3.94. The molecule has 2 bridgehead atoms. The summed E-state index contributed by atoms with van der Waals surface area (Å²) < 4.78 is 1.33. The topological polar surface area (TPSA) is 12.0 Å². The van der Waals surface area contributed by atoms with Crippen LogP contribution in [0.2, 0.25) is 0 Å². The second-order valence-electron chi connectivity index (χ2n) is 6.06. The van der Waals surface area contributed by atoms with Gasteiger partial charge in [-0.3, -0.25) is 0 Å². The third kappa shape index (κ3) is 2.60. The summed E-state index contributed by atoms with van der Waals surface area (Å²) in [6.07, 6.45) is 7.35. The smallest absolute Gasteiger partial charge is 0.0320 e. The molecule has 1 nitrogen and oxygen atoms in total. The van der Waals surface area contributed by atoms with Gasteiger partial charge in [-0.15, -0.1) is 0 Å². The van der Waals surface area contributed by atoms with Gasteiger partial charge in [0.05, 0.1) is 0 Å². The van der Waals surface area contributed by atoms with Crippen molar-refractivity contribution in [3.05, 3.63) is 33.4 Å². The molecule has 2 heteroatoms. The number of hydrogen-bond donors (Lipinski definition) is 1. The minimum atomic E-state index is 0.548. The predicted molar refractivity (Wildman–Crippen MR) is 84.5 cm³/mol. The fourth-order valence-corrected chi connectivity index (χ4v) is 4.44. The zero-order chi connectivity index (χ0) is 12.5. The maximum absolute atomic E-state index is 3.52. The van der Waals surface area contributed by atoms with Gasteiger partial charge in [-0.1, -0.05) is 18.6 Å². The lowest BCUT2D eigenvalue weighted by Crippen LogP contribution is -2.22. The van der Waals surface area contributed by atoms with Gasteiger partial charge in [0.1, 0.15) is 0 Å². The molecular formula is C16H22IN. The molecule has 2 aliphatic rings. The van der Waals surface area contributed by atoms with Crippen molar-refractivity contribution in [3.63, 3.8) is 0 Å². The summed E-state index contributed by atoms with van der Waals surface area (Å²) in [5, 5.41) is 3.52. The zero-order valence-electron chi connectivity index (χ0n) is 11.0. The maximum Gasteiger partial charge on any atom is 0.0320 e. The Balaban J connectivity index is 1.67. The maximum atomic E-state index is 3.52. The Morgan fingerprint density at radius 1 is 1.22 bits per heavy atom. The van der Waals surface area contributed by atoms with Crippen molar-refractivity contribution in [1.82, 2.24) is 5.32 Å². The third-order valence-corrected chi connectivity index (χ3v) is 5.76. The molecule has 2 fully saturated rings. The van der Waals surface area contributed by atoms with Crippen LogP contribution >= 0.6 is 22.6 Å². The van der Waals surface area contributed by atoms with Crippen LogP contribution < -0.4 is 5.32 Å². The number of nitrogens with one attached hydrogen (secondary N) is 1. The molecule has 0 heterocycles. The average molecular weight is 355 g/mol. The lowest BCUT2D eigenvalue weighted by Gasteiger charge is -2.27. The van der Waals surface area contributed by atoms with E-state index in [4.69, 9.17) is 0 Å². The first-order valence-electron chi connectivity index (χ1n) is 7.19. The normalized spacial score (nSPS) is 31.8. The summed E-state index contributed by atoms with van der Waals surface area (Å²) in [6.45, 7) is 0. The largest absolute Gasteiger partial charge is 0.313 e. The van der Waals surface area contributed by atoms with Crippen LogP contribution in [0, 0.1) is 21.3 Å². The van der Waals surface area contributed by atoms with Gasteiger partial charge < -0.3 is 5.32 Å². The van der Waals surface area contributed by atoms with Crippen LogP contribution in [-0.2, 0) is 0 Å². The highest BCUT2D eigenvalue weighted by molar-refractivity contribution is 14.1. The van der Waals surface area contributed by atoms with E-state index in [2.05, 4.69) is 59.2 Å². The molecule has 2 aliphatic carbocycles. The van der Waals surface area contributed by atoms with E-state index in [0.29, 0.717) is 6.04 Å². The molecule has 4 atom stereocenters. The van der Waals surface area contributed by atoms with E-state index in [1.54, 1.807) is 0 Å². The molecule has 1 N–H and O–H groups in total. The molecule has 0 radical (unpaired) electrons. The monoisotopic (exact) mass is 355 g/mol. The molecule has 98 valence electrons. The van der Waals surface area contributed by atoms with Crippen LogP contribution in [-0.4, -0.2) is 7.05 Å². The number of rotatable bonds is 4. The molecule has 0 amide bonds. The minimum Gasteiger partial charge on any atom is -0.313 e. The van der Waals surface area contributed by atoms with E-state index < -0.39 is 0 Å². The van der Waals surface area contributed by atoms with E-state index in [1.807, 2.05) is 0 Å². The van der Waals surface area contributed by atoms with Crippen molar-refractivity contribution in [2.75, 3.05) is 7.05 Å². The van der Waals surface area contributed by atoms with Gasteiger partial charge in [-0.05, 0) is 90.8 Å². The number of halogens is 1. The van der Waals surface area contributed by atoms with Crippen LogP contribution in [0.1, 0.15) is 43.7 Å². The van der Waals surface area contributed by atoms with Gasteiger partial charge in [0.15, 0.2) is 0 Å². The average Bonchev–Trinajstić information content (AvgIpc) is 2.99. The van der Waals surface area contributed by atoms with Crippen LogP contribution in [0.4, 0.5) is 0 Å². The molecule has 1 aromatic rings. The van der Waals surface area contributed by atoms with Crippen LogP contribution in [0.5, 0.6) is 0 Å². The third-order valence-electron chi connectivity index (χ3n) is 5.04. The second-order valence-corrected chi connectivity index (χ2v) is 7.31. The fourth-order valence-electron chi connectivity index (χ4n) is 4.08. The Morgan fingerprint density at radius 3 is 2.56 bits per heavy atom. The summed E-state index contributed by atoms with van der Waals surface area (Å²) in [6, 6.07) is 9.57. The quantitative estimate of drug-likeness (QED) is 0.791. The van der Waals surface area contributed by atoms with Gasteiger partial charge in [0, 0.05) is 9.61 Å². The summed E-state index contributed by atoms with van der Waals surface area (Å²) in [5.41, 5.74) is 1.46. The minimum absolute atomic E-state index is 0.548. The first-order chi connectivity index (χ1) is 8.76. The zero-order valence-corrected chi connectivity index (χ0v) is 13.2. The van der Waals surface area contributed by atoms with E-state index in [0.717, 1.165) is 17.8 Å². The summed E-state index contributed by atoms with van der Waals surface area (Å²) in [5.74, 6) is 3.07. The lowest BCUT2D eigenvalue weighted by molar-refractivity contribution is 0.284. The fraction of sp³-hybridized carbons (Fsp3) is 0.625. The van der Waals surface area contributed by atoms with E-state index in [-0.39, 0.29) is 0 Å². The highest BCUT2D eigenvalue weighted by Crippen LogP contribution is 2.50. The Labute approximate surface area is 124 Å². The molecule has 18 heavy (non-hydrogen) atoms. The van der Waals surface area contributed by atoms with Gasteiger partial charge in [0.25, 0.3) is 0 Å². The number of fused-ring (bicyclic) bond motifs is 2. The summed E-state index contributed by atoms with van der Waals surface area (Å²) in [7, 11) is 2.11. The van der Waals surface area contributed by atoms with E-state index >= 15 is 0 Å². The lowest BCUT2D eigenvalue weighted by atomic mass is 9.83. The van der Waals surface area contributed by atoms with E-state index in [1.165, 1.54) is 41.2 Å². The van der Waals surface area contributed by atoms with Crippen molar-refractivity contribution < 1.29 is 0 Å². The van der Waals surface area contributed by atoms with Gasteiger partial charge in [-0.2, -0.15) is 0 Å². The Morgan fingerprint density at radius 2 is 2.00 bits per heavy atom. The molecular weight excluding hydrogens is 333 g/mol. The Hall–Kier alpha value is -0.0900. The molecule has 2 saturated carbocycles. The molecule has 0 spiro atoms. The van der Waals surface area contributed by atoms with Crippen LogP contribution in [0.3, 0.4) is 0 Å². The standard InChI is InChI=1S/C16H22IN/c1-18-16(12-4-6-15(17)7-5-12)10-14-9-11-2-3-13(14)8-11/h4-7,11,13-14,16,18H,2-3,8-10H2,1H3. The first kappa shape index (κ1) is 12.9. The van der Waals surface area contributed by atoms with Gasteiger partial charge >= 0.3 is 0 Å². The Bertz CT molecular complexity index is 400. The summed E-state index contributed by atoms with van der Waals surface area (Å²) >= 11 is 2.38. The highest BCUT2D eigenvalue weighted by atomic mass is 127. The van der Waals surface area contributed by atoms with Crippen molar-refractivity contribution in [2.24, 2.45) is 17.8 Å². The van der Waals surface area contributed by atoms with Gasteiger partial charge in [0.2, 0.25) is 0 Å². The molecule has 0 aliphatic heterocycles. The predicted octanol–water partition coefficient (Wildman–Crippen LogP) is 4.38. The SMILES string of the molecule is CNC(CC1CC2CCC1C2)c1ccc(I)cc1. The van der Waals surface area contributed by atoms with Gasteiger partial charge in [-0.25, -0.2) is 0 Å². The molecule has 0 saturated heterocycles. The van der Waals surface area contributed by atoms with E-state index in [9.17, 15) is 0 Å². The molecule has 1 aromatic carbocycles. The molecule has 3 rings (SSSR count). The van der Waals surface area contributed by atoms with Crippen LogP contribution in [0.25, 0.3) is 0 Å². The first-order valence-corrected chi connectivity index (χ1v) is 8.27.